The van der Waals surface area contributed by atoms with E-state index in [2.05, 4.69) is 21.6 Å². The molecule has 1 fully saturated rings. The molecule has 0 unspecified atom stereocenters. The Labute approximate surface area is 167 Å². The monoisotopic (exact) mass is 398 g/mol. The van der Waals surface area contributed by atoms with E-state index in [1.54, 1.807) is 11.3 Å². The molecule has 0 bridgehead atoms. The maximum atomic E-state index is 6.50. The predicted octanol–water partition coefficient (Wildman–Crippen LogP) is 5.16. The molecule has 1 aliphatic carbocycles. The predicted molar refractivity (Wildman–Crippen MR) is 110 cm³/mol. The zero-order valence-electron chi connectivity index (χ0n) is 14.6. The molecule has 0 radical (unpaired) electrons. The molecule has 5 nitrogen and oxygen atoms in total. The molecule has 0 spiro atoms. The smallest absolute Gasteiger partial charge is 0.258 e. The van der Waals surface area contributed by atoms with Gasteiger partial charge >= 0.3 is 0 Å². The van der Waals surface area contributed by atoms with E-state index in [1.165, 1.54) is 0 Å². The van der Waals surface area contributed by atoms with Crippen LogP contribution < -0.4 is 5.73 Å². The summed E-state index contributed by atoms with van der Waals surface area (Å²) in [6.45, 7) is 0. The van der Waals surface area contributed by atoms with Crippen LogP contribution in [0.4, 0.5) is 0 Å². The first-order chi connectivity index (χ1) is 12.7. The van der Waals surface area contributed by atoms with Crippen molar-refractivity contribution < 1.29 is 4.52 Å². The van der Waals surface area contributed by atoms with Crippen molar-refractivity contribution in [2.45, 2.75) is 31.2 Å². The first-order valence-electron chi connectivity index (χ1n) is 8.80. The van der Waals surface area contributed by atoms with Crippen LogP contribution in [-0.4, -0.2) is 15.1 Å². The molecule has 1 aliphatic rings. The molecule has 0 saturated heterocycles. The van der Waals surface area contributed by atoms with Crippen LogP contribution in [0.2, 0.25) is 0 Å². The zero-order valence-corrected chi connectivity index (χ0v) is 16.2. The van der Waals surface area contributed by atoms with Gasteiger partial charge in [0.25, 0.3) is 5.89 Å². The average Bonchev–Trinajstić information content (AvgIpc) is 3.42. The highest BCUT2D eigenvalue weighted by atomic mass is 35.5. The lowest BCUT2D eigenvalue weighted by Gasteiger charge is -2.17. The van der Waals surface area contributed by atoms with Gasteiger partial charge in [0.05, 0.1) is 27.2 Å². The van der Waals surface area contributed by atoms with E-state index in [4.69, 9.17) is 15.2 Å². The Morgan fingerprint density at radius 1 is 1.04 bits per heavy atom. The molecule has 27 heavy (non-hydrogen) atoms. The topological polar surface area (TPSA) is 77.8 Å². The Balaban J connectivity index is 0.00000180. The van der Waals surface area contributed by atoms with Crippen molar-refractivity contribution in [2.75, 3.05) is 0 Å². The summed E-state index contributed by atoms with van der Waals surface area (Å²) in [6.07, 6.45) is 4.04. The summed E-state index contributed by atoms with van der Waals surface area (Å²) >= 11 is 1.66. The fourth-order valence-corrected chi connectivity index (χ4v) is 4.35. The maximum absolute atomic E-state index is 6.50. The minimum absolute atomic E-state index is 0. The summed E-state index contributed by atoms with van der Waals surface area (Å²) in [6, 6.07) is 14.2. The fourth-order valence-electron chi connectivity index (χ4n) is 3.67. The van der Waals surface area contributed by atoms with Crippen molar-refractivity contribution in [3.63, 3.8) is 0 Å². The van der Waals surface area contributed by atoms with Crippen molar-refractivity contribution in [3.8, 4) is 22.0 Å². The number of nitrogens with two attached hydrogens (primary N) is 1. The first-order valence-corrected chi connectivity index (χ1v) is 9.68. The van der Waals surface area contributed by atoms with E-state index in [9.17, 15) is 0 Å². The second-order valence-corrected chi connectivity index (χ2v) is 7.78. The highest BCUT2D eigenvalue weighted by Crippen LogP contribution is 2.37. The van der Waals surface area contributed by atoms with Crippen LogP contribution in [0.3, 0.4) is 0 Å². The van der Waals surface area contributed by atoms with Crippen LogP contribution in [0, 0.1) is 0 Å². The molecule has 3 aromatic heterocycles. The molecular formula is C20H19ClN4OS. The third kappa shape index (κ3) is 3.14. The van der Waals surface area contributed by atoms with Crippen LogP contribution in [0.25, 0.3) is 32.9 Å². The molecule has 138 valence electrons. The summed E-state index contributed by atoms with van der Waals surface area (Å²) in [4.78, 5) is 10.6. The lowest BCUT2D eigenvalue weighted by Crippen LogP contribution is -2.34. The van der Waals surface area contributed by atoms with Crippen LogP contribution >= 0.6 is 23.7 Å². The Kier molecular flexibility index (Phi) is 4.72. The van der Waals surface area contributed by atoms with Crippen LogP contribution in [-0.2, 0) is 5.54 Å². The number of aromatic nitrogens is 3. The molecule has 0 amide bonds. The third-order valence-electron chi connectivity index (χ3n) is 5.09. The number of hydrogen-bond acceptors (Lipinski definition) is 6. The second kappa shape index (κ2) is 7.03. The number of benzene rings is 1. The van der Waals surface area contributed by atoms with E-state index < -0.39 is 5.54 Å². The number of rotatable bonds is 3. The van der Waals surface area contributed by atoms with Gasteiger partial charge in [-0.1, -0.05) is 42.3 Å². The fraction of sp³-hybridized carbons (Fsp3) is 0.250. The zero-order chi connectivity index (χ0) is 17.6. The van der Waals surface area contributed by atoms with Gasteiger partial charge in [-0.2, -0.15) is 4.98 Å². The molecule has 3 heterocycles. The van der Waals surface area contributed by atoms with E-state index in [-0.39, 0.29) is 12.4 Å². The van der Waals surface area contributed by atoms with Gasteiger partial charge < -0.3 is 10.3 Å². The summed E-state index contributed by atoms with van der Waals surface area (Å²) < 4.78 is 5.64. The second-order valence-electron chi connectivity index (χ2n) is 6.84. The number of halogens is 1. The number of hydrogen-bond donors (Lipinski definition) is 1. The van der Waals surface area contributed by atoms with Crippen molar-refractivity contribution in [1.29, 1.82) is 0 Å². The third-order valence-corrected chi connectivity index (χ3v) is 5.98. The van der Waals surface area contributed by atoms with Gasteiger partial charge in [-0.15, -0.1) is 23.7 Å². The van der Waals surface area contributed by atoms with Crippen LogP contribution in [0.1, 0.15) is 31.5 Å². The largest absolute Gasteiger partial charge is 0.334 e. The molecule has 1 aromatic carbocycles. The molecule has 7 heteroatoms. The molecule has 0 aliphatic heterocycles. The normalized spacial score (nSPS) is 15.7. The number of para-hydroxylation sites is 1. The van der Waals surface area contributed by atoms with Crippen molar-refractivity contribution >= 4 is 34.6 Å². The summed E-state index contributed by atoms with van der Waals surface area (Å²) in [5, 5.41) is 7.27. The number of nitrogens with zero attached hydrogens (tertiary/aromatic N) is 3. The Hall–Kier alpha value is -2.28. The molecule has 2 N–H and O–H groups in total. The van der Waals surface area contributed by atoms with E-state index in [1.807, 2.05) is 36.4 Å². The van der Waals surface area contributed by atoms with Gasteiger partial charge in [0.15, 0.2) is 5.82 Å². The standard InChI is InChI=1S/C20H18N4OS.ClH/c21-20(9-3-4-10-20)19-23-18(25-24-19)14-12-16(17-8-5-11-26-17)22-15-7-2-1-6-13(14)15;/h1-2,5-8,11-12H,3-4,9-10,21H2;1H. The Bertz CT molecular complexity index is 1070. The molecule has 0 atom stereocenters. The van der Waals surface area contributed by atoms with Crippen molar-refractivity contribution in [2.24, 2.45) is 5.73 Å². The number of thiophene rings is 1. The van der Waals surface area contributed by atoms with Gasteiger partial charge in [0.2, 0.25) is 0 Å². The van der Waals surface area contributed by atoms with Gasteiger partial charge in [-0.3, -0.25) is 0 Å². The van der Waals surface area contributed by atoms with Crippen molar-refractivity contribution in [1.82, 2.24) is 15.1 Å². The number of fused-ring (bicyclic) bond motifs is 1. The lowest BCUT2D eigenvalue weighted by atomic mass is 9.98. The molecule has 1 saturated carbocycles. The quantitative estimate of drug-likeness (QED) is 0.515. The highest BCUT2D eigenvalue weighted by molar-refractivity contribution is 7.13. The first kappa shape index (κ1) is 18.1. The van der Waals surface area contributed by atoms with Crippen LogP contribution in [0.15, 0.2) is 52.4 Å². The molecule has 5 rings (SSSR count). The van der Waals surface area contributed by atoms with Crippen LogP contribution in [0.5, 0.6) is 0 Å². The molecular weight excluding hydrogens is 380 g/mol. The van der Waals surface area contributed by atoms with E-state index in [0.717, 1.165) is 52.7 Å². The van der Waals surface area contributed by atoms with E-state index in [0.29, 0.717) is 11.7 Å². The van der Waals surface area contributed by atoms with Gasteiger partial charge in [-0.25, -0.2) is 4.98 Å². The van der Waals surface area contributed by atoms with Crippen molar-refractivity contribution in [3.05, 3.63) is 53.7 Å². The summed E-state index contributed by atoms with van der Waals surface area (Å²) in [7, 11) is 0. The summed E-state index contributed by atoms with van der Waals surface area (Å²) in [5.41, 5.74) is 8.77. The Morgan fingerprint density at radius 2 is 1.85 bits per heavy atom. The Morgan fingerprint density at radius 3 is 2.63 bits per heavy atom. The lowest BCUT2D eigenvalue weighted by molar-refractivity contribution is 0.373. The van der Waals surface area contributed by atoms with Gasteiger partial charge in [-0.05, 0) is 36.4 Å². The summed E-state index contributed by atoms with van der Waals surface area (Å²) in [5.74, 6) is 1.12. The minimum atomic E-state index is -0.457. The van der Waals surface area contributed by atoms with Gasteiger partial charge in [0.1, 0.15) is 0 Å². The van der Waals surface area contributed by atoms with Gasteiger partial charge in [0, 0.05) is 5.39 Å². The number of pyridine rings is 1. The maximum Gasteiger partial charge on any atom is 0.258 e. The highest BCUT2D eigenvalue weighted by Gasteiger charge is 2.36. The SMILES string of the molecule is Cl.NC1(c2noc(-c3cc(-c4cccs4)nc4ccccc34)n2)CCCC1. The minimum Gasteiger partial charge on any atom is -0.334 e. The van der Waals surface area contributed by atoms with E-state index >= 15 is 0 Å². The molecule has 4 aromatic rings. The average molecular weight is 399 g/mol.